The van der Waals surface area contributed by atoms with Crippen molar-refractivity contribution < 1.29 is 17.9 Å². The summed E-state index contributed by atoms with van der Waals surface area (Å²) in [5, 5.41) is 0. The van der Waals surface area contributed by atoms with Crippen molar-refractivity contribution in [3.05, 3.63) is 52.5 Å². The number of hydrogen-bond acceptors (Lipinski definition) is 4. The second kappa shape index (κ2) is 5.76. The van der Waals surface area contributed by atoms with E-state index in [1.165, 1.54) is 12.1 Å². The first-order chi connectivity index (χ1) is 9.40. The molecule has 104 valence electrons. The minimum absolute atomic E-state index is 0.219. The molecule has 4 nitrogen and oxygen atoms in total. The SMILES string of the molecule is CS(=O)(=O)c1ccc(Oc2ccc(Br)cc2C=O)cc1. The first-order valence-corrected chi connectivity index (χ1v) is 8.31. The fourth-order valence-corrected chi connectivity index (χ4v) is 2.60. The number of rotatable bonds is 4. The lowest BCUT2D eigenvalue weighted by atomic mass is 10.2. The van der Waals surface area contributed by atoms with Crippen LogP contribution in [-0.4, -0.2) is 21.0 Å². The summed E-state index contributed by atoms with van der Waals surface area (Å²) >= 11 is 3.27. The quantitative estimate of drug-likeness (QED) is 0.788. The molecule has 0 amide bonds. The fraction of sp³-hybridized carbons (Fsp3) is 0.0714. The molecule has 0 spiro atoms. The average molecular weight is 355 g/mol. The highest BCUT2D eigenvalue weighted by Crippen LogP contribution is 2.27. The van der Waals surface area contributed by atoms with Crippen LogP contribution < -0.4 is 4.74 Å². The summed E-state index contributed by atoms with van der Waals surface area (Å²) in [6, 6.07) is 11.1. The molecule has 0 saturated carbocycles. The van der Waals surface area contributed by atoms with Crippen molar-refractivity contribution in [3.8, 4) is 11.5 Å². The van der Waals surface area contributed by atoms with Crippen LogP contribution in [0.4, 0.5) is 0 Å². The van der Waals surface area contributed by atoms with Gasteiger partial charge < -0.3 is 4.74 Å². The average Bonchev–Trinajstić information content (AvgIpc) is 2.40. The third-order valence-electron chi connectivity index (χ3n) is 2.58. The standard InChI is InChI=1S/C14H11BrO4S/c1-20(17,18)13-5-3-12(4-6-13)19-14-7-2-11(15)8-10(14)9-16/h2-9H,1H3. The highest BCUT2D eigenvalue weighted by Gasteiger charge is 2.08. The predicted molar refractivity (Wildman–Crippen MR) is 79.2 cm³/mol. The van der Waals surface area contributed by atoms with Gasteiger partial charge in [-0.05, 0) is 42.5 Å². The molecule has 0 fully saturated rings. The molecule has 6 heteroatoms. The van der Waals surface area contributed by atoms with Gasteiger partial charge in [-0.15, -0.1) is 0 Å². The van der Waals surface area contributed by atoms with E-state index in [4.69, 9.17) is 4.74 Å². The molecule has 2 aromatic rings. The Hall–Kier alpha value is -1.66. The van der Waals surface area contributed by atoms with E-state index in [-0.39, 0.29) is 4.90 Å². The first kappa shape index (κ1) is 14.7. The molecule has 2 aromatic carbocycles. The van der Waals surface area contributed by atoms with Crippen molar-refractivity contribution in [3.63, 3.8) is 0 Å². The summed E-state index contributed by atoms with van der Waals surface area (Å²) in [6.07, 6.45) is 1.84. The molecule has 0 aliphatic rings. The third-order valence-corrected chi connectivity index (χ3v) is 4.20. The van der Waals surface area contributed by atoms with Crippen molar-refractivity contribution in [2.24, 2.45) is 0 Å². The molecular weight excluding hydrogens is 344 g/mol. The number of sulfone groups is 1. The minimum Gasteiger partial charge on any atom is -0.457 e. The molecular formula is C14H11BrO4S. The van der Waals surface area contributed by atoms with Gasteiger partial charge in [0.25, 0.3) is 0 Å². The summed E-state index contributed by atoms with van der Waals surface area (Å²) in [5.41, 5.74) is 0.409. The number of aldehydes is 1. The molecule has 20 heavy (non-hydrogen) atoms. The summed E-state index contributed by atoms with van der Waals surface area (Å²) in [7, 11) is -3.23. The lowest BCUT2D eigenvalue weighted by Crippen LogP contribution is -1.96. The summed E-state index contributed by atoms with van der Waals surface area (Å²) in [4.78, 5) is 11.2. The van der Waals surface area contributed by atoms with E-state index < -0.39 is 9.84 Å². The van der Waals surface area contributed by atoms with Gasteiger partial charge in [0.15, 0.2) is 16.1 Å². The van der Waals surface area contributed by atoms with Crippen molar-refractivity contribution in [1.82, 2.24) is 0 Å². The van der Waals surface area contributed by atoms with Gasteiger partial charge >= 0.3 is 0 Å². The van der Waals surface area contributed by atoms with Crippen LogP contribution in [0, 0.1) is 0 Å². The Labute approximate surface area is 125 Å². The Kier molecular flexibility index (Phi) is 4.25. The van der Waals surface area contributed by atoms with Crippen molar-refractivity contribution in [2.45, 2.75) is 4.90 Å². The summed E-state index contributed by atoms with van der Waals surface area (Å²) in [5.74, 6) is 0.873. The van der Waals surface area contributed by atoms with Crippen LogP contribution in [0.3, 0.4) is 0 Å². The molecule has 0 radical (unpaired) electrons. The molecule has 0 bridgehead atoms. The van der Waals surface area contributed by atoms with Gasteiger partial charge in [-0.25, -0.2) is 8.42 Å². The van der Waals surface area contributed by atoms with Crippen LogP contribution in [0.2, 0.25) is 0 Å². The van der Waals surface area contributed by atoms with Gasteiger partial charge in [-0.1, -0.05) is 15.9 Å². The Balaban J connectivity index is 2.29. The zero-order chi connectivity index (χ0) is 14.8. The van der Waals surface area contributed by atoms with E-state index in [1.54, 1.807) is 30.3 Å². The smallest absolute Gasteiger partial charge is 0.175 e. The van der Waals surface area contributed by atoms with Crippen LogP contribution in [0.1, 0.15) is 10.4 Å². The van der Waals surface area contributed by atoms with Crippen LogP contribution in [-0.2, 0) is 9.84 Å². The molecule has 0 saturated heterocycles. The Morgan fingerprint density at radius 3 is 2.30 bits per heavy atom. The zero-order valence-electron chi connectivity index (χ0n) is 10.5. The topological polar surface area (TPSA) is 60.4 Å². The van der Waals surface area contributed by atoms with Crippen LogP contribution >= 0.6 is 15.9 Å². The maximum atomic E-state index is 11.3. The highest BCUT2D eigenvalue weighted by atomic mass is 79.9. The zero-order valence-corrected chi connectivity index (χ0v) is 12.9. The molecule has 0 aromatic heterocycles. The molecule has 0 N–H and O–H groups in total. The van der Waals surface area contributed by atoms with E-state index in [0.717, 1.165) is 10.7 Å². The number of hydrogen-bond donors (Lipinski definition) is 0. The number of carbonyl (C=O) groups is 1. The number of benzene rings is 2. The molecule has 0 unspecified atom stereocenters. The molecule has 0 atom stereocenters. The Bertz CT molecular complexity index is 736. The van der Waals surface area contributed by atoms with E-state index in [1.807, 2.05) is 0 Å². The van der Waals surface area contributed by atoms with E-state index >= 15 is 0 Å². The van der Waals surface area contributed by atoms with E-state index in [2.05, 4.69) is 15.9 Å². The lowest BCUT2D eigenvalue weighted by Gasteiger charge is -2.08. The van der Waals surface area contributed by atoms with Gasteiger partial charge in [0.05, 0.1) is 10.5 Å². The lowest BCUT2D eigenvalue weighted by molar-refractivity contribution is 0.112. The number of halogens is 1. The predicted octanol–water partition coefficient (Wildman–Crippen LogP) is 3.46. The largest absolute Gasteiger partial charge is 0.457 e. The minimum atomic E-state index is -3.23. The molecule has 0 aliphatic carbocycles. The number of ether oxygens (including phenoxy) is 1. The monoisotopic (exact) mass is 354 g/mol. The molecule has 0 heterocycles. The van der Waals surface area contributed by atoms with E-state index in [0.29, 0.717) is 23.3 Å². The van der Waals surface area contributed by atoms with Crippen LogP contribution in [0.15, 0.2) is 51.8 Å². The van der Waals surface area contributed by atoms with Crippen molar-refractivity contribution >= 4 is 32.1 Å². The highest BCUT2D eigenvalue weighted by molar-refractivity contribution is 9.10. The number of carbonyl (C=O) groups excluding carboxylic acids is 1. The third kappa shape index (κ3) is 3.46. The molecule has 0 aliphatic heterocycles. The Morgan fingerprint density at radius 1 is 1.10 bits per heavy atom. The fourth-order valence-electron chi connectivity index (χ4n) is 1.59. The normalized spacial score (nSPS) is 11.1. The summed E-state index contributed by atoms with van der Waals surface area (Å²) in [6.45, 7) is 0. The van der Waals surface area contributed by atoms with Gasteiger partial charge in [0, 0.05) is 10.7 Å². The maximum Gasteiger partial charge on any atom is 0.175 e. The first-order valence-electron chi connectivity index (χ1n) is 5.63. The van der Waals surface area contributed by atoms with Gasteiger partial charge in [-0.2, -0.15) is 0 Å². The van der Waals surface area contributed by atoms with Crippen molar-refractivity contribution in [1.29, 1.82) is 0 Å². The van der Waals surface area contributed by atoms with E-state index in [9.17, 15) is 13.2 Å². The second-order valence-electron chi connectivity index (χ2n) is 4.15. The van der Waals surface area contributed by atoms with Gasteiger partial charge in [0.1, 0.15) is 11.5 Å². The molecule has 2 rings (SSSR count). The maximum absolute atomic E-state index is 11.3. The Morgan fingerprint density at radius 2 is 1.75 bits per heavy atom. The second-order valence-corrected chi connectivity index (χ2v) is 7.08. The van der Waals surface area contributed by atoms with Crippen molar-refractivity contribution in [2.75, 3.05) is 6.26 Å². The summed E-state index contributed by atoms with van der Waals surface area (Å²) < 4.78 is 29.0. The van der Waals surface area contributed by atoms with Gasteiger partial charge in [-0.3, -0.25) is 4.79 Å². The van der Waals surface area contributed by atoms with Crippen LogP contribution in [0.25, 0.3) is 0 Å². The van der Waals surface area contributed by atoms with Crippen LogP contribution in [0.5, 0.6) is 11.5 Å². The van der Waals surface area contributed by atoms with Gasteiger partial charge in [0.2, 0.25) is 0 Å².